The number of anilines is 1. The minimum Gasteiger partial charge on any atom is -0.448 e. The fraction of sp³-hybridized carbons (Fsp3) is 0.143. The van der Waals surface area contributed by atoms with E-state index in [1.165, 1.54) is 43.3 Å². The normalized spacial score (nSPS) is 11.6. The molecule has 2 rings (SSSR count). The number of hydrogen-bond donors (Lipinski definition) is 1. The summed E-state index contributed by atoms with van der Waals surface area (Å²) in [6, 6.07) is 7.53. The molecule has 0 spiro atoms. The van der Waals surface area contributed by atoms with Crippen LogP contribution in [0.2, 0.25) is 0 Å². The van der Waals surface area contributed by atoms with Gasteiger partial charge in [-0.15, -0.1) is 0 Å². The molecule has 2 aromatic rings. The van der Waals surface area contributed by atoms with E-state index in [-0.39, 0.29) is 9.88 Å². The van der Waals surface area contributed by atoms with Gasteiger partial charge in [-0.05, 0) is 37.3 Å². The molecule has 0 radical (unpaired) electrons. The number of amides is 1. The standard InChI is InChI=1S/C14H11FN2O5S/c1-8(13(18)16-10-4-2-9(15)3-5-10)22-14(19)11-6-7-12(23-11)17(20)21/h2-8H,1H3,(H,16,18)/t8-/m1/s1. The number of carbonyl (C=O) groups is 2. The zero-order chi connectivity index (χ0) is 17.0. The second-order valence-electron chi connectivity index (χ2n) is 4.44. The van der Waals surface area contributed by atoms with Crippen molar-refractivity contribution < 1.29 is 23.6 Å². The van der Waals surface area contributed by atoms with Crippen LogP contribution in [-0.2, 0) is 9.53 Å². The Bertz CT molecular complexity index is 744. The number of nitrogens with one attached hydrogen (secondary N) is 1. The van der Waals surface area contributed by atoms with Gasteiger partial charge in [-0.1, -0.05) is 11.3 Å². The van der Waals surface area contributed by atoms with Crippen LogP contribution in [0, 0.1) is 15.9 Å². The summed E-state index contributed by atoms with van der Waals surface area (Å²) in [6.07, 6.45) is -1.12. The SMILES string of the molecule is C[C@@H](OC(=O)c1ccc([N+](=O)[O-])s1)C(=O)Nc1ccc(F)cc1. The molecule has 0 bridgehead atoms. The highest BCUT2D eigenvalue weighted by Crippen LogP contribution is 2.24. The molecule has 0 fully saturated rings. The number of rotatable bonds is 5. The first-order valence-electron chi connectivity index (χ1n) is 6.38. The van der Waals surface area contributed by atoms with Gasteiger partial charge in [0.2, 0.25) is 0 Å². The monoisotopic (exact) mass is 338 g/mol. The summed E-state index contributed by atoms with van der Waals surface area (Å²) in [6.45, 7) is 1.36. The molecule has 0 aliphatic rings. The van der Waals surface area contributed by atoms with Gasteiger partial charge in [0, 0.05) is 11.8 Å². The third-order valence-electron chi connectivity index (χ3n) is 2.74. The number of nitro groups is 1. The third kappa shape index (κ3) is 4.33. The summed E-state index contributed by atoms with van der Waals surface area (Å²) >= 11 is 0.661. The first-order valence-corrected chi connectivity index (χ1v) is 7.20. The van der Waals surface area contributed by atoms with Crippen molar-refractivity contribution in [3.05, 3.63) is 57.2 Å². The number of nitrogens with zero attached hydrogens (tertiary/aromatic N) is 1. The highest BCUT2D eigenvalue weighted by atomic mass is 32.1. The van der Waals surface area contributed by atoms with E-state index in [2.05, 4.69) is 5.32 Å². The van der Waals surface area contributed by atoms with Gasteiger partial charge in [0.1, 0.15) is 10.7 Å². The Labute approximate surface area is 133 Å². The van der Waals surface area contributed by atoms with Gasteiger partial charge in [-0.3, -0.25) is 14.9 Å². The maximum atomic E-state index is 12.8. The Hall–Kier alpha value is -2.81. The topological polar surface area (TPSA) is 98.5 Å². The largest absolute Gasteiger partial charge is 0.448 e. The molecule has 1 heterocycles. The third-order valence-corrected chi connectivity index (χ3v) is 3.75. The van der Waals surface area contributed by atoms with Crippen molar-refractivity contribution >= 4 is 33.9 Å². The summed E-state index contributed by atoms with van der Waals surface area (Å²) in [7, 11) is 0. The molecule has 0 aliphatic carbocycles. The zero-order valence-electron chi connectivity index (χ0n) is 11.8. The fourth-order valence-corrected chi connectivity index (χ4v) is 2.29. The van der Waals surface area contributed by atoms with Crippen LogP contribution >= 0.6 is 11.3 Å². The predicted octanol–water partition coefficient (Wildman–Crippen LogP) is 2.98. The van der Waals surface area contributed by atoms with Gasteiger partial charge in [-0.2, -0.15) is 0 Å². The van der Waals surface area contributed by atoms with E-state index in [1.54, 1.807) is 0 Å². The molecule has 1 aromatic heterocycles. The van der Waals surface area contributed by atoms with E-state index >= 15 is 0 Å². The molecule has 0 saturated carbocycles. The number of halogens is 1. The van der Waals surface area contributed by atoms with Crippen molar-refractivity contribution in [1.82, 2.24) is 0 Å². The van der Waals surface area contributed by atoms with Crippen molar-refractivity contribution in [3.8, 4) is 0 Å². The zero-order valence-corrected chi connectivity index (χ0v) is 12.6. The average molecular weight is 338 g/mol. The lowest BCUT2D eigenvalue weighted by molar-refractivity contribution is -0.380. The van der Waals surface area contributed by atoms with Crippen LogP contribution in [-0.4, -0.2) is 22.9 Å². The number of thiophene rings is 1. The lowest BCUT2D eigenvalue weighted by atomic mass is 10.3. The highest BCUT2D eigenvalue weighted by Gasteiger charge is 2.22. The van der Waals surface area contributed by atoms with Crippen molar-refractivity contribution in [2.24, 2.45) is 0 Å². The molecular formula is C14H11FN2O5S. The Morgan fingerprint density at radius 3 is 2.48 bits per heavy atom. The van der Waals surface area contributed by atoms with E-state index in [1.807, 2.05) is 0 Å². The number of carbonyl (C=O) groups excluding carboxylic acids is 2. The maximum absolute atomic E-state index is 12.8. The number of hydrogen-bond acceptors (Lipinski definition) is 6. The smallest absolute Gasteiger partial charge is 0.349 e. The molecule has 9 heteroatoms. The maximum Gasteiger partial charge on any atom is 0.349 e. The van der Waals surface area contributed by atoms with Gasteiger partial charge >= 0.3 is 11.0 Å². The molecule has 0 aliphatic heterocycles. The Morgan fingerprint density at radius 2 is 1.91 bits per heavy atom. The Morgan fingerprint density at radius 1 is 1.26 bits per heavy atom. The van der Waals surface area contributed by atoms with Gasteiger partial charge in [0.05, 0.1) is 4.92 Å². The van der Waals surface area contributed by atoms with Crippen molar-refractivity contribution in [3.63, 3.8) is 0 Å². The molecular weight excluding hydrogens is 327 g/mol. The number of benzene rings is 1. The molecule has 1 amide bonds. The van der Waals surface area contributed by atoms with Crippen molar-refractivity contribution in [2.45, 2.75) is 13.0 Å². The van der Waals surface area contributed by atoms with E-state index in [4.69, 9.17) is 4.74 Å². The minimum atomic E-state index is -1.12. The molecule has 7 nitrogen and oxygen atoms in total. The molecule has 120 valence electrons. The Kier molecular flexibility index (Phi) is 5.02. The van der Waals surface area contributed by atoms with Crippen LogP contribution in [0.15, 0.2) is 36.4 Å². The van der Waals surface area contributed by atoms with Gasteiger partial charge < -0.3 is 10.1 Å². The number of ether oxygens (including phenoxy) is 1. The molecule has 1 N–H and O–H groups in total. The molecule has 23 heavy (non-hydrogen) atoms. The van der Waals surface area contributed by atoms with E-state index in [0.717, 1.165) is 0 Å². The molecule has 1 aromatic carbocycles. The van der Waals surface area contributed by atoms with Crippen LogP contribution in [0.4, 0.5) is 15.1 Å². The first-order chi connectivity index (χ1) is 10.9. The lowest BCUT2D eigenvalue weighted by Crippen LogP contribution is -2.29. The average Bonchev–Trinajstić information content (AvgIpc) is 2.99. The van der Waals surface area contributed by atoms with Crippen LogP contribution in [0.5, 0.6) is 0 Å². The van der Waals surface area contributed by atoms with Crippen LogP contribution in [0.1, 0.15) is 16.6 Å². The Balaban J connectivity index is 1.95. The summed E-state index contributed by atoms with van der Waals surface area (Å²) in [5.41, 5.74) is 0.353. The van der Waals surface area contributed by atoms with Crippen molar-refractivity contribution in [1.29, 1.82) is 0 Å². The summed E-state index contributed by atoms with van der Waals surface area (Å²) in [5.74, 6) is -1.87. The van der Waals surface area contributed by atoms with Gasteiger partial charge in [-0.25, -0.2) is 9.18 Å². The van der Waals surface area contributed by atoms with Crippen LogP contribution in [0.25, 0.3) is 0 Å². The van der Waals surface area contributed by atoms with Gasteiger partial charge in [0.25, 0.3) is 5.91 Å². The number of esters is 1. The van der Waals surface area contributed by atoms with E-state index in [9.17, 15) is 24.1 Å². The van der Waals surface area contributed by atoms with Crippen molar-refractivity contribution in [2.75, 3.05) is 5.32 Å². The van der Waals surface area contributed by atoms with Crippen LogP contribution < -0.4 is 5.32 Å². The predicted molar refractivity (Wildman–Crippen MR) is 80.9 cm³/mol. The fourth-order valence-electron chi connectivity index (χ4n) is 1.58. The highest BCUT2D eigenvalue weighted by molar-refractivity contribution is 7.17. The lowest BCUT2D eigenvalue weighted by Gasteiger charge is -2.12. The first kappa shape index (κ1) is 16.6. The second-order valence-corrected chi connectivity index (χ2v) is 5.50. The quantitative estimate of drug-likeness (QED) is 0.513. The van der Waals surface area contributed by atoms with E-state index < -0.39 is 28.7 Å². The summed E-state index contributed by atoms with van der Waals surface area (Å²) in [4.78, 5) is 33.7. The second kappa shape index (κ2) is 6.97. The van der Waals surface area contributed by atoms with Gasteiger partial charge in [0.15, 0.2) is 6.10 Å². The summed E-state index contributed by atoms with van der Waals surface area (Å²) < 4.78 is 17.7. The molecule has 0 saturated heterocycles. The van der Waals surface area contributed by atoms with Crippen LogP contribution in [0.3, 0.4) is 0 Å². The molecule has 1 atom stereocenters. The molecule has 0 unspecified atom stereocenters. The van der Waals surface area contributed by atoms with E-state index in [0.29, 0.717) is 17.0 Å². The minimum absolute atomic E-state index is 0.0260. The summed E-state index contributed by atoms with van der Waals surface area (Å²) in [5, 5.41) is 12.8.